The molecule has 7 nitrogen and oxygen atoms in total. The van der Waals surface area contributed by atoms with E-state index < -0.39 is 10.9 Å². The maximum absolute atomic E-state index is 12.1. The van der Waals surface area contributed by atoms with Gasteiger partial charge in [0.2, 0.25) is 5.90 Å². The van der Waals surface area contributed by atoms with Gasteiger partial charge in [0.1, 0.15) is 5.75 Å². The molecule has 0 N–H and O–H groups in total. The lowest BCUT2D eigenvalue weighted by Gasteiger charge is -2.06. The monoisotopic (exact) mass is 338 g/mol. The lowest BCUT2D eigenvalue weighted by Crippen LogP contribution is -2.05. The van der Waals surface area contributed by atoms with Gasteiger partial charge in [-0.3, -0.25) is 10.1 Å². The van der Waals surface area contributed by atoms with E-state index in [2.05, 4.69) is 4.99 Å². The Balaban J connectivity index is 1.96. The van der Waals surface area contributed by atoms with Crippen LogP contribution in [0.4, 0.5) is 5.69 Å². The molecule has 0 aliphatic carbocycles. The standard InChI is InChI=1S/C18H14N2O5/c1-2-24-16-9-4-3-6-12(16)11-15-18(21)25-17(19-15)13-7-5-8-14(10-13)20(22)23/h3-11H,2H2,1H3/b15-11-. The van der Waals surface area contributed by atoms with Crippen molar-refractivity contribution in [1.29, 1.82) is 0 Å². The number of nitrogens with zero attached hydrogens (tertiary/aromatic N) is 2. The smallest absolute Gasteiger partial charge is 0.363 e. The van der Waals surface area contributed by atoms with Gasteiger partial charge in [0.05, 0.1) is 11.5 Å². The van der Waals surface area contributed by atoms with E-state index in [1.165, 1.54) is 18.2 Å². The number of hydrogen-bond acceptors (Lipinski definition) is 6. The van der Waals surface area contributed by atoms with Crippen LogP contribution in [0, 0.1) is 10.1 Å². The molecule has 2 aromatic carbocycles. The topological polar surface area (TPSA) is 91.0 Å². The Hall–Kier alpha value is -3.48. The predicted octanol–water partition coefficient (Wildman–Crippen LogP) is 3.34. The molecule has 1 aliphatic heterocycles. The molecule has 0 fully saturated rings. The van der Waals surface area contributed by atoms with Gasteiger partial charge in [0, 0.05) is 23.3 Å². The summed E-state index contributed by atoms with van der Waals surface area (Å²) in [5, 5.41) is 10.9. The summed E-state index contributed by atoms with van der Waals surface area (Å²) in [6.45, 7) is 2.36. The number of rotatable bonds is 5. The first-order valence-corrected chi connectivity index (χ1v) is 7.57. The molecule has 0 atom stereocenters. The third kappa shape index (κ3) is 3.55. The Bertz CT molecular complexity index is 902. The summed E-state index contributed by atoms with van der Waals surface area (Å²) in [5.41, 5.74) is 1.06. The molecule has 126 valence electrons. The van der Waals surface area contributed by atoms with Crippen LogP contribution in [0.5, 0.6) is 5.75 Å². The van der Waals surface area contributed by atoms with E-state index in [0.717, 1.165) is 0 Å². The lowest BCUT2D eigenvalue weighted by atomic mass is 10.1. The van der Waals surface area contributed by atoms with Crippen molar-refractivity contribution in [2.75, 3.05) is 6.61 Å². The second kappa shape index (κ2) is 6.96. The Morgan fingerprint density at radius 2 is 2.04 bits per heavy atom. The number of esters is 1. The number of non-ortho nitro benzene ring substituents is 1. The van der Waals surface area contributed by atoms with Gasteiger partial charge >= 0.3 is 5.97 Å². The fraction of sp³-hybridized carbons (Fsp3) is 0.111. The number of aliphatic imine (C=N–C) groups is 1. The minimum absolute atomic E-state index is 0.0360. The van der Waals surface area contributed by atoms with Crippen LogP contribution in [0.15, 0.2) is 59.2 Å². The maximum atomic E-state index is 12.1. The molecule has 0 radical (unpaired) electrons. The normalized spacial score (nSPS) is 15.0. The Morgan fingerprint density at radius 3 is 2.80 bits per heavy atom. The van der Waals surface area contributed by atoms with Gasteiger partial charge in [0.25, 0.3) is 5.69 Å². The summed E-state index contributed by atoms with van der Waals surface area (Å²) in [6.07, 6.45) is 1.57. The molecule has 1 aliphatic rings. The van der Waals surface area contributed by atoms with Gasteiger partial charge in [-0.15, -0.1) is 0 Å². The summed E-state index contributed by atoms with van der Waals surface area (Å²) in [7, 11) is 0. The summed E-state index contributed by atoms with van der Waals surface area (Å²) < 4.78 is 10.7. The highest BCUT2D eigenvalue weighted by Gasteiger charge is 2.25. The quantitative estimate of drug-likeness (QED) is 0.361. The van der Waals surface area contributed by atoms with Crippen LogP contribution < -0.4 is 4.74 Å². The molecular weight excluding hydrogens is 324 g/mol. The molecule has 0 unspecified atom stereocenters. The first-order valence-electron chi connectivity index (χ1n) is 7.57. The number of cyclic esters (lactones) is 1. The van der Waals surface area contributed by atoms with Crippen LogP contribution in [-0.4, -0.2) is 23.4 Å². The molecule has 0 saturated heterocycles. The highest BCUT2D eigenvalue weighted by atomic mass is 16.6. The first kappa shape index (κ1) is 16.4. The largest absolute Gasteiger partial charge is 0.493 e. The van der Waals surface area contributed by atoms with Gasteiger partial charge in [0.15, 0.2) is 5.70 Å². The molecule has 0 aromatic heterocycles. The number of hydrogen-bond donors (Lipinski definition) is 0. The average molecular weight is 338 g/mol. The number of nitro benzene ring substituents is 1. The number of carbonyl (C=O) groups is 1. The van der Waals surface area contributed by atoms with Crippen molar-refractivity contribution in [2.24, 2.45) is 4.99 Å². The SMILES string of the molecule is CCOc1ccccc1/C=C1\N=C(c2cccc([N+](=O)[O-])c2)OC1=O. The van der Waals surface area contributed by atoms with Crippen LogP contribution in [0.2, 0.25) is 0 Å². The molecule has 7 heteroatoms. The number of ether oxygens (including phenoxy) is 2. The second-order valence-corrected chi connectivity index (χ2v) is 5.11. The fourth-order valence-corrected chi connectivity index (χ4v) is 2.32. The molecule has 0 spiro atoms. The molecule has 0 amide bonds. The van der Waals surface area contributed by atoms with Crippen LogP contribution in [0.25, 0.3) is 6.08 Å². The second-order valence-electron chi connectivity index (χ2n) is 5.11. The molecule has 2 aromatic rings. The van der Waals surface area contributed by atoms with Crippen molar-refractivity contribution in [3.05, 3.63) is 75.5 Å². The van der Waals surface area contributed by atoms with Crippen LogP contribution in [0.1, 0.15) is 18.1 Å². The van der Waals surface area contributed by atoms with Crippen LogP contribution in [0.3, 0.4) is 0 Å². The predicted molar refractivity (Wildman–Crippen MR) is 91.3 cm³/mol. The van der Waals surface area contributed by atoms with Gasteiger partial charge in [-0.05, 0) is 25.1 Å². The third-order valence-corrected chi connectivity index (χ3v) is 3.44. The summed E-state index contributed by atoms with van der Waals surface area (Å²) >= 11 is 0. The fourth-order valence-electron chi connectivity index (χ4n) is 2.32. The van der Waals surface area contributed by atoms with E-state index in [1.807, 2.05) is 19.1 Å². The molecule has 0 bridgehead atoms. The van der Waals surface area contributed by atoms with E-state index in [-0.39, 0.29) is 17.3 Å². The Morgan fingerprint density at radius 1 is 1.24 bits per heavy atom. The maximum Gasteiger partial charge on any atom is 0.363 e. The molecule has 1 heterocycles. The van der Waals surface area contributed by atoms with E-state index in [4.69, 9.17) is 9.47 Å². The minimum atomic E-state index is -0.618. The third-order valence-electron chi connectivity index (χ3n) is 3.44. The van der Waals surface area contributed by atoms with E-state index >= 15 is 0 Å². The van der Waals surface area contributed by atoms with Gasteiger partial charge in [-0.25, -0.2) is 9.79 Å². The highest BCUT2D eigenvalue weighted by molar-refractivity contribution is 6.13. The number of nitro groups is 1. The summed E-state index contributed by atoms with van der Waals surface area (Å²) in [4.78, 5) is 26.6. The molecule has 25 heavy (non-hydrogen) atoms. The zero-order valence-electron chi connectivity index (χ0n) is 13.3. The van der Waals surface area contributed by atoms with E-state index in [1.54, 1.807) is 24.3 Å². The molecular formula is C18H14N2O5. The van der Waals surface area contributed by atoms with E-state index in [9.17, 15) is 14.9 Å². The van der Waals surface area contributed by atoms with E-state index in [0.29, 0.717) is 23.5 Å². The van der Waals surface area contributed by atoms with Crippen molar-refractivity contribution in [2.45, 2.75) is 6.92 Å². The van der Waals surface area contributed by atoms with Crippen molar-refractivity contribution in [3.8, 4) is 5.75 Å². The lowest BCUT2D eigenvalue weighted by molar-refractivity contribution is -0.384. The minimum Gasteiger partial charge on any atom is -0.493 e. The van der Waals surface area contributed by atoms with Crippen molar-refractivity contribution < 1.29 is 19.2 Å². The van der Waals surface area contributed by atoms with Crippen LogP contribution in [-0.2, 0) is 9.53 Å². The van der Waals surface area contributed by atoms with Crippen molar-refractivity contribution in [3.63, 3.8) is 0 Å². The first-order chi connectivity index (χ1) is 12.1. The van der Waals surface area contributed by atoms with Crippen molar-refractivity contribution >= 4 is 23.6 Å². The van der Waals surface area contributed by atoms with Gasteiger partial charge in [-0.2, -0.15) is 0 Å². The van der Waals surface area contributed by atoms with Crippen molar-refractivity contribution in [1.82, 2.24) is 0 Å². The van der Waals surface area contributed by atoms with Crippen LogP contribution >= 0.6 is 0 Å². The van der Waals surface area contributed by atoms with Gasteiger partial charge < -0.3 is 9.47 Å². The summed E-state index contributed by atoms with van der Waals surface area (Å²) in [5.74, 6) is 0.0472. The number of benzene rings is 2. The average Bonchev–Trinajstić information content (AvgIpc) is 2.98. The highest BCUT2D eigenvalue weighted by Crippen LogP contribution is 2.25. The molecule has 3 rings (SSSR count). The number of carbonyl (C=O) groups excluding carboxylic acids is 1. The Labute approximate surface area is 143 Å². The van der Waals surface area contributed by atoms with Gasteiger partial charge in [-0.1, -0.05) is 24.3 Å². The Kier molecular flexibility index (Phi) is 4.56. The summed E-state index contributed by atoms with van der Waals surface area (Å²) in [6, 6.07) is 13.0. The number of para-hydroxylation sites is 1. The zero-order valence-corrected chi connectivity index (χ0v) is 13.3. The molecule has 0 saturated carbocycles. The zero-order chi connectivity index (χ0) is 17.8.